The van der Waals surface area contributed by atoms with Gasteiger partial charge in [-0.3, -0.25) is 0 Å². The maximum Gasteiger partial charge on any atom is 0.317 e. The molecule has 1 aromatic carbocycles. The molecule has 2 amide bonds. The van der Waals surface area contributed by atoms with Crippen molar-refractivity contribution in [1.29, 1.82) is 0 Å². The van der Waals surface area contributed by atoms with Gasteiger partial charge in [-0.05, 0) is 32.3 Å². The van der Waals surface area contributed by atoms with Gasteiger partial charge in [0.25, 0.3) is 0 Å². The maximum absolute atomic E-state index is 12.4. The van der Waals surface area contributed by atoms with Gasteiger partial charge in [0.1, 0.15) is 5.76 Å². The van der Waals surface area contributed by atoms with Crippen LogP contribution < -0.4 is 5.32 Å². The molecule has 1 N–H and O–H groups in total. The number of rotatable bonds is 5. The minimum atomic E-state index is -0.0628. The molecule has 3 rings (SSSR count). The Kier molecular flexibility index (Phi) is 4.11. The second-order valence-corrected chi connectivity index (χ2v) is 6.46. The lowest BCUT2D eigenvalue weighted by Crippen LogP contribution is -2.40. The quantitative estimate of drug-likeness (QED) is 0.922. The Bertz CT molecular complexity index is 670. The number of nitrogens with one attached hydrogen (secondary N) is 1. The van der Waals surface area contributed by atoms with E-state index in [9.17, 15) is 4.79 Å². The summed E-state index contributed by atoms with van der Waals surface area (Å²) in [5, 5.41) is 7.00. The Labute approximate surface area is 136 Å². The first-order valence-electron chi connectivity index (χ1n) is 7.98. The lowest BCUT2D eigenvalue weighted by atomic mass is 9.96. The molecule has 5 nitrogen and oxygen atoms in total. The second-order valence-electron chi connectivity index (χ2n) is 6.46. The normalized spacial score (nSPS) is 15.3. The van der Waals surface area contributed by atoms with Crippen LogP contribution in [0.3, 0.4) is 0 Å². The van der Waals surface area contributed by atoms with Crippen molar-refractivity contribution in [1.82, 2.24) is 15.4 Å². The number of carbonyl (C=O) groups is 1. The van der Waals surface area contributed by atoms with E-state index in [4.69, 9.17) is 4.52 Å². The van der Waals surface area contributed by atoms with Gasteiger partial charge in [0.2, 0.25) is 0 Å². The van der Waals surface area contributed by atoms with Gasteiger partial charge in [-0.1, -0.05) is 35.5 Å². The molecule has 1 fully saturated rings. The number of hydrogen-bond donors (Lipinski definition) is 1. The molecule has 2 aromatic rings. The molecule has 0 radical (unpaired) electrons. The number of benzene rings is 1. The molecule has 0 aliphatic heterocycles. The molecule has 0 saturated heterocycles. The number of hydrogen-bond acceptors (Lipinski definition) is 3. The Morgan fingerprint density at radius 1 is 1.30 bits per heavy atom. The summed E-state index contributed by atoms with van der Waals surface area (Å²) >= 11 is 0. The zero-order valence-corrected chi connectivity index (χ0v) is 13.9. The molecule has 1 aliphatic carbocycles. The van der Waals surface area contributed by atoms with Crippen LogP contribution in [0, 0.1) is 13.8 Å². The second kappa shape index (κ2) is 6.07. The van der Waals surface area contributed by atoms with Gasteiger partial charge in [-0.25, -0.2) is 4.79 Å². The fourth-order valence-corrected chi connectivity index (χ4v) is 2.93. The number of nitrogens with zero attached hydrogens (tertiary/aromatic N) is 2. The van der Waals surface area contributed by atoms with Gasteiger partial charge < -0.3 is 14.7 Å². The third kappa shape index (κ3) is 3.23. The largest absolute Gasteiger partial charge is 0.361 e. The third-order valence-electron chi connectivity index (χ3n) is 4.74. The highest BCUT2D eigenvalue weighted by Crippen LogP contribution is 2.47. The molecule has 1 aromatic heterocycles. The minimum absolute atomic E-state index is 0.0628. The molecular formula is C18H23N3O2. The van der Waals surface area contributed by atoms with E-state index < -0.39 is 0 Å². The highest BCUT2D eigenvalue weighted by atomic mass is 16.5. The van der Waals surface area contributed by atoms with Gasteiger partial charge in [-0.2, -0.15) is 0 Å². The SMILES string of the molecule is Cc1noc(C)c1CN(C)C(=O)NCC1(c2ccccc2)CC1. The molecule has 23 heavy (non-hydrogen) atoms. The van der Waals surface area contributed by atoms with Crippen molar-refractivity contribution in [3.05, 3.63) is 52.9 Å². The van der Waals surface area contributed by atoms with E-state index in [0.29, 0.717) is 13.1 Å². The van der Waals surface area contributed by atoms with Crippen molar-refractivity contribution in [2.45, 2.75) is 38.6 Å². The molecule has 1 saturated carbocycles. The lowest BCUT2D eigenvalue weighted by Gasteiger charge is -2.21. The van der Waals surface area contributed by atoms with Crippen molar-refractivity contribution in [2.24, 2.45) is 0 Å². The molecule has 0 unspecified atom stereocenters. The number of aryl methyl sites for hydroxylation is 2. The van der Waals surface area contributed by atoms with E-state index in [1.807, 2.05) is 19.9 Å². The van der Waals surface area contributed by atoms with Gasteiger partial charge in [0.15, 0.2) is 0 Å². The molecule has 0 bridgehead atoms. The summed E-state index contributed by atoms with van der Waals surface area (Å²) in [7, 11) is 1.79. The van der Waals surface area contributed by atoms with Gasteiger partial charge in [0.05, 0.1) is 12.2 Å². The standard InChI is InChI=1S/C18H23N3O2/c1-13-16(14(2)23-20-13)11-21(3)17(22)19-12-18(9-10-18)15-7-5-4-6-8-15/h4-8H,9-12H2,1-3H3,(H,19,22). The Hall–Kier alpha value is -2.30. The molecular weight excluding hydrogens is 290 g/mol. The van der Waals surface area contributed by atoms with Crippen LogP contribution in [0.4, 0.5) is 4.79 Å². The Balaban J connectivity index is 1.57. The van der Waals surface area contributed by atoms with Crippen LogP contribution >= 0.6 is 0 Å². The maximum atomic E-state index is 12.4. The van der Waals surface area contributed by atoms with Crippen molar-refractivity contribution >= 4 is 6.03 Å². The van der Waals surface area contributed by atoms with E-state index in [-0.39, 0.29) is 11.4 Å². The van der Waals surface area contributed by atoms with Gasteiger partial charge in [-0.15, -0.1) is 0 Å². The number of carbonyl (C=O) groups excluding carboxylic acids is 1. The molecule has 5 heteroatoms. The Morgan fingerprint density at radius 3 is 2.57 bits per heavy atom. The highest BCUT2D eigenvalue weighted by molar-refractivity contribution is 5.74. The number of urea groups is 1. The monoisotopic (exact) mass is 313 g/mol. The van der Waals surface area contributed by atoms with Crippen LogP contribution in [0.5, 0.6) is 0 Å². The topological polar surface area (TPSA) is 58.4 Å². The summed E-state index contributed by atoms with van der Waals surface area (Å²) in [5.74, 6) is 0.769. The van der Waals surface area contributed by atoms with Gasteiger partial charge in [0, 0.05) is 24.6 Å². The molecule has 0 atom stereocenters. The molecule has 1 heterocycles. The zero-order valence-electron chi connectivity index (χ0n) is 13.9. The van der Waals surface area contributed by atoms with E-state index in [0.717, 1.165) is 29.9 Å². The first-order valence-corrected chi connectivity index (χ1v) is 7.98. The Morgan fingerprint density at radius 2 is 2.00 bits per heavy atom. The third-order valence-corrected chi connectivity index (χ3v) is 4.74. The van der Waals surface area contributed by atoms with Gasteiger partial charge >= 0.3 is 6.03 Å². The summed E-state index contributed by atoms with van der Waals surface area (Å²) in [5.41, 5.74) is 3.26. The van der Waals surface area contributed by atoms with Crippen LogP contribution in [0.25, 0.3) is 0 Å². The fraction of sp³-hybridized carbons (Fsp3) is 0.444. The smallest absolute Gasteiger partial charge is 0.317 e. The fourth-order valence-electron chi connectivity index (χ4n) is 2.93. The predicted octanol–water partition coefficient (Wildman–Crippen LogP) is 3.16. The first-order chi connectivity index (χ1) is 11.0. The summed E-state index contributed by atoms with van der Waals surface area (Å²) < 4.78 is 5.15. The van der Waals surface area contributed by atoms with Crippen molar-refractivity contribution < 1.29 is 9.32 Å². The van der Waals surface area contributed by atoms with Crippen molar-refractivity contribution in [2.75, 3.05) is 13.6 Å². The van der Waals surface area contributed by atoms with Crippen molar-refractivity contribution in [3.8, 4) is 0 Å². The predicted molar refractivity (Wildman–Crippen MR) is 88.2 cm³/mol. The van der Waals surface area contributed by atoms with E-state index in [1.54, 1.807) is 11.9 Å². The lowest BCUT2D eigenvalue weighted by molar-refractivity contribution is 0.205. The van der Waals surface area contributed by atoms with Crippen LogP contribution in [0.15, 0.2) is 34.9 Å². The van der Waals surface area contributed by atoms with Crippen LogP contribution in [0.2, 0.25) is 0 Å². The molecule has 0 spiro atoms. The minimum Gasteiger partial charge on any atom is -0.361 e. The molecule has 122 valence electrons. The van der Waals surface area contributed by atoms with Crippen molar-refractivity contribution in [3.63, 3.8) is 0 Å². The van der Waals surface area contributed by atoms with Crippen LogP contribution in [-0.4, -0.2) is 29.7 Å². The average Bonchev–Trinajstić information content (AvgIpc) is 3.30. The first kappa shape index (κ1) is 15.6. The summed E-state index contributed by atoms with van der Waals surface area (Å²) in [6, 6.07) is 10.4. The average molecular weight is 313 g/mol. The van der Waals surface area contributed by atoms with E-state index in [2.05, 4.69) is 34.7 Å². The van der Waals surface area contributed by atoms with E-state index >= 15 is 0 Å². The van der Waals surface area contributed by atoms with Crippen LogP contribution in [0.1, 0.15) is 35.4 Å². The number of aromatic nitrogens is 1. The highest BCUT2D eigenvalue weighted by Gasteiger charge is 2.44. The number of amides is 2. The summed E-state index contributed by atoms with van der Waals surface area (Å²) in [4.78, 5) is 14.0. The summed E-state index contributed by atoms with van der Waals surface area (Å²) in [6.07, 6.45) is 2.26. The van der Waals surface area contributed by atoms with E-state index in [1.165, 1.54) is 5.56 Å². The zero-order chi connectivity index (χ0) is 16.4. The summed E-state index contributed by atoms with van der Waals surface area (Å²) in [6.45, 7) is 4.95. The molecule has 1 aliphatic rings. The van der Waals surface area contributed by atoms with Crippen LogP contribution in [-0.2, 0) is 12.0 Å².